The monoisotopic (exact) mass is 222 g/mol. The van der Waals surface area contributed by atoms with Gasteiger partial charge in [0.2, 0.25) is 0 Å². The van der Waals surface area contributed by atoms with E-state index in [-0.39, 0.29) is 0 Å². The van der Waals surface area contributed by atoms with Gasteiger partial charge in [0.15, 0.2) is 6.29 Å². The molecule has 0 aliphatic carbocycles. The summed E-state index contributed by atoms with van der Waals surface area (Å²) in [5.74, 6) is 0. The second kappa shape index (κ2) is 3.87. The molecule has 0 saturated heterocycles. The molecule has 0 aliphatic heterocycles. The Bertz CT molecular complexity index is 671. The lowest BCUT2D eigenvalue weighted by molar-refractivity contribution is 0.112. The van der Waals surface area contributed by atoms with Crippen LogP contribution in [0.2, 0.25) is 0 Å². The van der Waals surface area contributed by atoms with Crippen LogP contribution >= 0.6 is 0 Å². The summed E-state index contributed by atoms with van der Waals surface area (Å²) in [6.45, 7) is 0. The van der Waals surface area contributed by atoms with Crippen molar-refractivity contribution in [1.82, 2.24) is 9.61 Å². The van der Waals surface area contributed by atoms with Gasteiger partial charge in [-0.15, -0.1) is 0 Å². The lowest BCUT2D eigenvalue weighted by Crippen LogP contribution is -1.89. The maximum Gasteiger partial charge on any atom is 0.151 e. The summed E-state index contributed by atoms with van der Waals surface area (Å²) < 4.78 is 1.73. The first-order valence-electron chi connectivity index (χ1n) is 5.37. The minimum Gasteiger partial charge on any atom is -0.298 e. The number of nitrogens with zero attached hydrogens (tertiary/aromatic N) is 2. The maximum absolute atomic E-state index is 10.7. The van der Waals surface area contributed by atoms with E-state index in [0.717, 1.165) is 23.1 Å². The van der Waals surface area contributed by atoms with E-state index < -0.39 is 0 Å². The van der Waals surface area contributed by atoms with Gasteiger partial charge in [0, 0.05) is 17.3 Å². The van der Waals surface area contributed by atoms with Crippen molar-refractivity contribution in [1.29, 1.82) is 0 Å². The van der Waals surface area contributed by atoms with E-state index in [2.05, 4.69) is 5.10 Å². The molecule has 0 saturated carbocycles. The lowest BCUT2D eigenvalue weighted by Gasteiger charge is -1.94. The molecule has 0 fully saturated rings. The first kappa shape index (κ1) is 9.78. The summed E-state index contributed by atoms with van der Waals surface area (Å²) in [5.41, 5.74) is 3.59. The number of hydrogen-bond donors (Lipinski definition) is 0. The van der Waals surface area contributed by atoms with Crippen molar-refractivity contribution in [3.8, 4) is 11.3 Å². The van der Waals surface area contributed by atoms with Gasteiger partial charge in [-0.1, -0.05) is 30.3 Å². The minimum atomic E-state index is 0.625. The van der Waals surface area contributed by atoms with Gasteiger partial charge in [0.1, 0.15) is 0 Å². The highest BCUT2D eigenvalue weighted by Gasteiger charge is 2.03. The van der Waals surface area contributed by atoms with Crippen LogP contribution in [0.4, 0.5) is 0 Å². The van der Waals surface area contributed by atoms with Crippen molar-refractivity contribution >= 4 is 11.8 Å². The van der Waals surface area contributed by atoms with Crippen molar-refractivity contribution in [3.63, 3.8) is 0 Å². The van der Waals surface area contributed by atoms with Crippen LogP contribution in [0.5, 0.6) is 0 Å². The van der Waals surface area contributed by atoms with Crippen LogP contribution in [-0.4, -0.2) is 15.9 Å². The predicted molar refractivity (Wildman–Crippen MR) is 66.0 cm³/mol. The molecule has 0 unspecified atom stereocenters. The summed E-state index contributed by atoms with van der Waals surface area (Å²) >= 11 is 0. The van der Waals surface area contributed by atoms with Crippen molar-refractivity contribution in [2.24, 2.45) is 0 Å². The van der Waals surface area contributed by atoms with Crippen molar-refractivity contribution in [3.05, 3.63) is 60.3 Å². The van der Waals surface area contributed by atoms with Crippen molar-refractivity contribution in [2.75, 3.05) is 0 Å². The Morgan fingerprint density at radius 2 is 1.88 bits per heavy atom. The number of rotatable bonds is 2. The fraction of sp³-hybridized carbons (Fsp3) is 0. The Morgan fingerprint density at radius 3 is 2.65 bits per heavy atom. The zero-order valence-electron chi connectivity index (χ0n) is 9.08. The third kappa shape index (κ3) is 1.72. The van der Waals surface area contributed by atoms with Gasteiger partial charge < -0.3 is 0 Å². The highest BCUT2D eigenvalue weighted by atomic mass is 16.1. The summed E-state index contributed by atoms with van der Waals surface area (Å²) in [5, 5.41) is 4.45. The Morgan fingerprint density at radius 1 is 1.06 bits per heavy atom. The van der Waals surface area contributed by atoms with Crippen LogP contribution in [0.1, 0.15) is 10.4 Å². The molecule has 0 N–H and O–H groups in total. The molecule has 0 spiro atoms. The van der Waals surface area contributed by atoms with E-state index in [4.69, 9.17) is 0 Å². The smallest absolute Gasteiger partial charge is 0.151 e. The van der Waals surface area contributed by atoms with Gasteiger partial charge >= 0.3 is 0 Å². The standard InChI is InChI=1S/C14H10N2O/c17-10-11-6-7-13-8-14(15-16(13)9-11)12-4-2-1-3-5-12/h1-10H. The molecule has 17 heavy (non-hydrogen) atoms. The molecule has 0 radical (unpaired) electrons. The summed E-state index contributed by atoms with van der Waals surface area (Å²) in [7, 11) is 0. The molecule has 0 atom stereocenters. The van der Waals surface area contributed by atoms with Crippen LogP contribution in [0.25, 0.3) is 16.8 Å². The number of benzene rings is 1. The van der Waals surface area contributed by atoms with E-state index in [9.17, 15) is 4.79 Å². The summed E-state index contributed by atoms with van der Waals surface area (Å²) in [6, 6.07) is 15.7. The zero-order chi connectivity index (χ0) is 11.7. The van der Waals surface area contributed by atoms with Crippen molar-refractivity contribution in [2.45, 2.75) is 0 Å². The van der Waals surface area contributed by atoms with Crippen LogP contribution in [-0.2, 0) is 0 Å². The molecule has 82 valence electrons. The Balaban J connectivity index is 2.17. The van der Waals surface area contributed by atoms with E-state index in [1.807, 2.05) is 42.5 Å². The maximum atomic E-state index is 10.7. The van der Waals surface area contributed by atoms with E-state index >= 15 is 0 Å². The molecular formula is C14H10N2O. The first-order valence-corrected chi connectivity index (χ1v) is 5.37. The van der Waals surface area contributed by atoms with Crippen molar-refractivity contribution < 1.29 is 4.79 Å². The SMILES string of the molecule is O=Cc1ccc2cc(-c3ccccc3)nn2c1. The molecular weight excluding hydrogens is 212 g/mol. The van der Waals surface area contributed by atoms with E-state index in [0.29, 0.717) is 5.56 Å². The van der Waals surface area contributed by atoms with E-state index in [1.54, 1.807) is 16.8 Å². The summed E-state index contributed by atoms with van der Waals surface area (Å²) in [4.78, 5) is 10.7. The Hall–Kier alpha value is -2.42. The molecule has 0 bridgehead atoms. The predicted octanol–water partition coefficient (Wildman–Crippen LogP) is 2.81. The Kier molecular flexibility index (Phi) is 2.22. The number of hydrogen-bond acceptors (Lipinski definition) is 2. The Labute approximate surface area is 98.3 Å². The number of pyridine rings is 1. The van der Waals surface area contributed by atoms with Crippen LogP contribution in [0.3, 0.4) is 0 Å². The number of carbonyl (C=O) groups is 1. The highest BCUT2D eigenvalue weighted by Crippen LogP contribution is 2.19. The molecule has 0 amide bonds. The second-order valence-corrected chi connectivity index (χ2v) is 3.85. The van der Waals surface area contributed by atoms with Gasteiger partial charge in [-0.05, 0) is 18.2 Å². The number of aromatic nitrogens is 2. The fourth-order valence-corrected chi connectivity index (χ4v) is 1.82. The van der Waals surface area contributed by atoms with Gasteiger partial charge in [-0.3, -0.25) is 4.79 Å². The average molecular weight is 222 g/mol. The largest absolute Gasteiger partial charge is 0.298 e. The number of carbonyl (C=O) groups excluding carboxylic acids is 1. The first-order chi connectivity index (χ1) is 8.36. The number of fused-ring (bicyclic) bond motifs is 1. The third-order valence-corrected chi connectivity index (χ3v) is 2.69. The summed E-state index contributed by atoms with van der Waals surface area (Å²) in [6.07, 6.45) is 2.55. The van der Waals surface area contributed by atoms with Crippen LogP contribution < -0.4 is 0 Å². The van der Waals surface area contributed by atoms with Gasteiger partial charge in [-0.2, -0.15) is 5.10 Å². The normalized spacial score (nSPS) is 10.6. The third-order valence-electron chi connectivity index (χ3n) is 2.69. The van der Waals surface area contributed by atoms with Gasteiger partial charge in [0.25, 0.3) is 0 Å². The minimum absolute atomic E-state index is 0.625. The molecule has 0 aliphatic rings. The zero-order valence-corrected chi connectivity index (χ0v) is 9.08. The van der Waals surface area contributed by atoms with Gasteiger partial charge in [-0.25, -0.2) is 4.52 Å². The second-order valence-electron chi connectivity index (χ2n) is 3.85. The molecule has 3 nitrogen and oxygen atoms in total. The average Bonchev–Trinajstić information content (AvgIpc) is 2.82. The van der Waals surface area contributed by atoms with Crippen LogP contribution in [0, 0.1) is 0 Å². The lowest BCUT2D eigenvalue weighted by atomic mass is 10.1. The molecule has 3 aromatic rings. The molecule has 2 heterocycles. The molecule has 3 rings (SSSR count). The number of aldehydes is 1. The van der Waals surface area contributed by atoms with E-state index in [1.165, 1.54) is 0 Å². The topological polar surface area (TPSA) is 34.4 Å². The molecule has 2 aromatic heterocycles. The van der Waals surface area contributed by atoms with Gasteiger partial charge in [0.05, 0.1) is 11.2 Å². The highest BCUT2D eigenvalue weighted by molar-refractivity contribution is 5.76. The quantitative estimate of drug-likeness (QED) is 0.625. The fourth-order valence-electron chi connectivity index (χ4n) is 1.82. The molecule has 3 heteroatoms. The molecule has 1 aromatic carbocycles. The van der Waals surface area contributed by atoms with Crippen LogP contribution in [0.15, 0.2) is 54.7 Å².